The molecule has 1 fully saturated rings. The SMILES string of the molecule is CNC(=O)C1CCCCN1c1cc(C)nc(NN)n1. The minimum Gasteiger partial charge on any atom is -0.357 e. The Balaban J connectivity index is 2.31. The quantitative estimate of drug-likeness (QED) is 0.532. The molecule has 1 unspecified atom stereocenters. The zero-order valence-corrected chi connectivity index (χ0v) is 11.3. The number of nitrogens with zero attached hydrogens (tertiary/aromatic N) is 3. The van der Waals surface area contributed by atoms with Crippen LogP contribution in [0.1, 0.15) is 25.0 Å². The van der Waals surface area contributed by atoms with Crippen LogP contribution in [-0.4, -0.2) is 35.5 Å². The molecule has 7 heteroatoms. The van der Waals surface area contributed by atoms with Crippen LogP contribution in [0, 0.1) is 6.92 Å². The van der Waals surface area contributed by atoms with Gasteiger partial charge in [-0.25, -0.2) is 10.8 Å². The van der Waals surface area contributed by atoms with Gasteiger partial charge in [-0.05, 0) is 26.2 Å². The number of anilines is 2. The van der Waals surface area contributed by atoms with E-state index >= 15 is 0 Å². The third-order valence-corrected chi connectivity index (χ3v) is 3.32. The van der Waals surface area contributed by atoms with Crippen LogP contribution in [0.25, 0.3) is 0 Å². The van der Waals surface area contributed by atoms with Crippen LogP contribution in [-0.2, 0) is 4.79 Å². The van der Waals surface area contributed by atoms with Gasteiger partial charge in [-0.15, -0.1) is 0 Å². The number of hydrazine groups is 1. The number of hydrogen-bond donors (Lipinski definition) is 3. The molecule has 1 saturated heterocycles. The highest BCUT2D eigenvalue weighted by Gasteiger charge is 2.29. The maximum absolute atomic E-state index is 12.0. The van der Waals surface area contributed by atoms with E-state index in [9.17, 15) is 4.79 Å². The predicted molar refractivity (Wildman–Crippen MR) is 73.6 cm³/mol. The fourth-order valence-electron chi connectivity index (χ4n) is 2.41. The minimum absolute atomic E-state index is 0.0261. The largest absolute Gasteiger partial charge is 0.357 e. The lowest BCUT2D eigenvalue weighted by molar-refractivity contribution is -0.122. The Morgan fingerprint density at radius 1 is 1.47 bits per heavy atom. The molecule has 0 saturated carbocycles. The summed E-state index contributed by atoms with van der Waals surface area (Å²) in [6, 6.07) is 1.71. The van der Waals surface area contributed by atoms with E-state index in [2.05, 4.69) is 20.7 Å². The first kappa shape index (κ1) is 13.5. The fourth-order valence-corrected chi connectivity index (χ4v) is 2.41. The normalized spacial score (nSPS) is 19.1. The van der Waals surface area contributed by atoms with Gasteiger partial charge in [0.1, 0.15) is 11.9 Å². The first-order valence-corrected chi connectivity index (χ1v) is 6.46. The molecule has 0 aliphatic carbocycles. The number of nitrogens with one attached hydrogen (secondary N) is 2. The molecule has 0 bridgehead atoms. The highest BCUT2D eigenvalue weighted by Crippen LogP contribution is 2.24. The Kier molecular flexibility index (Phi) is 4.16. The number of hydrogen-bond acceptors (Lipinski definition) is 6. The van der Waals surface area contributed by atoms with Crippen molar-refractivity contribution in [2.75, 3.05) is 23.9 Å². The third-order valence-electron chi connectivity index (χ3n) is 3.32. The number of piperidine rings is 1. The van der Waals surface area contributed by atoms with Crippen LogP contribution in [0.15, 0.2) is 6.07 Å². The summed E-state index contributed by atoms with van der Waals surface area (Å²) in [5.41, 5.74) is 3.27. The van der Waals surface area contributed by atoms with Crippen molar-refractivity contribution in [3.63, 3.8) is 0 Å². The zero-order valence-electron chi connectivity index (χ0n) is 11.3. The molecule has 104 valence electrons. The second-order valence-electron chi connectivity index (χ2n) is 4.65. The standard InChI is InChI=1S/C12H20N6O/c1-8-7-10(16-12(15-8)17-13)18-6-4-3-5-9(18)11(19)14-2/h7,9H,3-6,13H2,1-2H3,(H,14,19)(H,15,16,17). The van der Waals surface area contributed by atoms with Crippen LogP contribution in [0.4, 0.5) is 11.8 Å². The van der Waals surface area contributed by atoms with Crippen molar-refractivity contribution in [2.45, 2.75) is 32.2 Å². The molecule has 1 aliphatic heterocycles. The molecule has 7 nitrogen and oxygen atoms in total. The first-order valence-electron chi connectivity index (χ1n) is 6.46. The minimum atomic E-state index is -0.168. The third kappa shape index (κ3) is 2.93. The van der Waals surface area contributed by atoms with Crippen molar-refractivity contribution < 1.29 is 4.79 Å². The van der Waals surface area contributed by atoms with Crippen LogP contribution in [0.2, 0.25) is 0 Å². The van der Waals surface area contributed by atoms with Gasteiger partial charge in [-0.2, -0.15) is 4.98 Å². The monoisotopic (exact) mass is 264 g/mol. The average molecular weight is 264 g/mol. The lowest BCUT2D eigenvalue weighted by Gasteiger charge is -2.35. The Bertz CT molecular complexity index is 464. The van der Waals surface area contributed by atoms with Crippen molar-refractivity contribution in [1.29, 1.82) is 0 Å². The van der Waals surface area contributed by atoms with Gasteiger partial charge in [-0.3, -0.25) is 10.2 Å². The van der Waals surface area contributed by atoms with Crippen molar-refractivity contribution in [2.24, 2.45) is 5.84 Å². The molecule has 4 N–H and O–H groups in total. The molecular weight excluding hydrogens is 244 g/mol. The Morgan fingerprint density at radius 3 is 2.95 bits per heavy atom. The van der Waals surface area contributed by atoms with E-state index in [1.54, 1.807) is 7.05 Å². The van der Waals surface area contributed by atoms with Crippen molar-refractivity contribution in [3.05, 3.63) is 11.8 Å². The van der Waals surface area contributed by atoms with Crippen LogP contribution in [0.3, 0.4) is 0 Å². The smallest absolute Gasteiger partial charge is 0.242 e. The second-order valence-corrected chi connectivity index (χ2v) is 4.65. The molecular formula is C12H20N6O. The number of aromatic nitrogens is 2. The molecule has 1 atom stereocenters. The average Bonchev–Trinajstić information content (AvgIpc) is 2.45. The molecule has 0 spiro atoms. The van der Waals surface area contributed by atoms with E-state index < -0.39 is 0 Å². The highest BCUT2D eigenvalue weighted by atomic mass is 16.2. The number of likely N-dealkylation sites (N-methyl/N-ethyl adjacent to an activating group) is 1. The number of rotatable bonds is 3. The fraction of sp³-hybridized carbons (Fsp3) is 0.583. The van der Waals surface area contributed by atoms with E-state index in [1.807, 2.05) is 17.9 Å². The molecule has 19 heavy (non-hydrogen) atoms. The number of amides is 1. The summed E-state index contributed by atoms with van der Waals surface area (Å²) in [6.07, 6.45) is 2.96. The summed E-state index contributed by atoms with van der Waals surface area (Å²) < 4.78 is 0. The lowest BCUT2D eigenvalue weighted by Crippen LogP contribution is -2.49. The molecule has 0 aromatic carbocycles. The number of nitrogen functional groups attached to an aromatic ring is 1. The van der Waals surface area contributed by atoms with Crippen molar-refractivity contribution >= 4 is 17.7 Å². The summed E-state index contributed by atoms with van der Waals surface area (Å²) in [5, 5.41) is 2.71. The number of carbonyl (C=O) groups excluding carboxylic acids is 1. The van der Waals surface area contributed by atoms with Gasteiger partial charge in [0.2, 0.25) is 11.9 Å². The summed E-state index contributed by atoms with van der Waals surface area (Å²) in [4.78, 5) is 22.5. The summed E-state index contributed by atoms with van der Waals surface area (Å²) >= 11 is 0. The summed E-state index contributed by atoms with van der Waals surface area (Å²) in [7, 11) is 1.66. The van der Waals surface area contributed by atoms with E-state index in [1.165, 1.54) is 0 Å². The molecule has 0 radical (unpaired) electrons. The Hall–Kier alpha value is -1.89. The van der Waals surface area contributed by atoms with Gasteiger partial charge in [0.25, 0.3) is 0 Å². The molecule has 2 heterocycles. The molecule has 1 aromatic rings. The predicted octanol–water partition coefficient (Wildman–Crippen LogP) is 0.176. The second kappa shape index (κ2) is 5.83. The van der Waals surface area contributed by atoms with Gasteiger partial charge < -0.3 is 10.2 Å². The van der Waals surface area contributed by atoms with E-state index in [0.717, 1.165) is 37.3 Å². The van der Waals surface area contributed by atoms with Gasteiger partial charge in [0, 0.05) is 25.4 Å². The lowest BCUT2D eigenvalue weighted by atomic mass is 10.0. The Morgan fingerprint density at radius 2 is 2.26 bits per heavy atom. The summed E-state index contributed by atoms with van der Waals surface area (Å²) in [5.74, 6) is 6.51. The molecule has 1 aromatic heterocycles. The van der Waals surface area contributed by atoms with Gasteiger partial charge in [0.15, 0.2) is 0 Å². The van der Waals surface area contributed by atoms with Crippen LogP contribution >= 0.6 is 0 Å². The molecule has 1 aliphatic rings. The zero-order chi connectivity index (χ0) is 13.8. The maximum Gasteiger partial charge on any atom is 0.242 e. The highest BCUT2D eigenvalue weighted by molar-refractivity contribution is 5.85. The molecule has 2 rings (SSSR count). The number of nitrogens with two attached hydrogens (primary N) is 1. The number of aryl methyl sites for hydroxylation is 1. The maximum atomic E-state index is 12.0. The van der Waals surface area contributed by atoms with Crippen molar-refractivity contribution in [3.8, 4) is 0 Å². The van der Waals surface area contributed by atoms with E-state index in [-0.39, 0.29) is 11.9 Å². The number of carbonyl (C=O) groups is 1. The van der Waals surface area contributed by atoms with E-state index in [4.69, 9.17) is 5.84 Å². The van der Waals surface area contributed by atoms with Gasteiger partial charge >= 0.3 is 0 Å². The summed E-state index contributed by atoms with van der Waals surface area (Å²) in [6.45, 7) is 2.70. The van der Waals surface area contributed by atoms with E-state index in [0.29, 0.717) is 5.95 Å². The topological polar surface area (TPSA) is 96.2 Å². The van der Waals surface area contributed by atoms with Crippen molar-refractivity contribution in [1.82, 2.24) is 15.3 Å². The Labute approximate surface area is 112 Å². The van der Waals surface area contributed by atoms with Gasteiger partial charge in [0.05, 0.1) is 0 Å². The van der Waals surface area contributed by atoms with Gasteiger partial charge in [-0.1, -0.05) is 0 Å². The first-order chi connectivity index (χ1) is 9.15. The van der Waals surface area contributed by atoms with Crippen LogP contribution < -0.4 is 21.5 Å². The molecule has 1 amide bonds. The van der Waals surface area contributed by atoms with Crippen LogP contribution in [0.5, 0.6) is 0 Å².